The Balaban J connectivity index is 2.88. The second-order valence-corrected chi connectivity index (χ2v) is 5.64. The fraction of sp³-hybridized carbons (Fsp3) is 1.00. The zero-order valence-corrected chi connectivity index (χ0v) is 13.8. The molecular weight excluding hydrogens is 256 g/mol. The molecule has 19 heavy (non-hydrogen) atoms. The highest BCUT2D eigenvalue weighted by molar-refractivity contribution is 7.74. The van der Waals surface area contributed by atoms with E-state index in [1.165, 1.54) is 83.5 Å². The molecule has 0 saturated heterocycles. The van der Waals surface area contributed by atoms with Crippen molar-refractivity contribution in [3.63, 3.8) is 0 Å². The summed E-state index contributed by atoms with van der Waals surface area (Å²) in [5.41, 5.74) is 0. The summed E-state index contributed by atoms with van der Waals surface area (Å²) in [5.74, 6) is 0. The highest BCUT2D eigenvalue weighted by atomic mass is 32.1. The van der Waals surface area contributed by atoms with E-state index in [4.69, 9.17) is 4.89 Å². The first-order chi connectivity index (χ1) is 9.41. The van der Waals surface area contributed by atoms with E-state index < -0.39 is 0 Å². The Hall–Kier alpha value is 0.270. The van der Waals surface area contributed by atoms with Gasteiger partial charge in [0.05, 0.1) is 6.61 Å². The summed E-state index contributed by atoms with van der Waals surface area (Å²) in [7, 11) is 0. The zero-order chi connectivity index (χ0) is 14.0. The Morgan fingerprint density at radius 2 is 0.947 bits per heavy atom. The third-order valence-electron chi connectivity index (χ3n) is 3.63. The van der Waals surface area contributed by atoms with Gasteiger partial charge < -0.3 is 0 Å². The van der Waals surface area contributed by atoms with Gasteiger partial charge in [-0.05, 0) is 6.42 Å². The van der Waals surface area contributed by atoms with Gasteiger partial charge in [0, 0.05) is 12.9 Å². The largest absolute Gasteiger partial charge is 0.225 e. The smallest absolute Gasteiger partial charge is 0.0834 e. The molecule has 3 heteroatoms. The molecule has 0 rings (SSSR count). The minimum atomic E-state index is 0.668. The van der Waals surface area contributed by atoms with Crippen LogP contribution in [0.15, 0.2) is 0 Å². The van der Waals surface area contributed by atoms with Crippen LogP contribution in [0.4, 0.5) is 0 Å². The zero-order valence-electron chi connectivity index (χ0n) is 12.9. The van der Waals surface area contributed by atoms with Gasteiger partial charge in [0.15, 0.2) is 0 Å². The van der Waals surface area contributed by atoms with E-state index in [2.05, 4.69) is 24.2 Å². The van der Waals surface area contributed by atoms with Crippen molar-refractivity contribution in [3.05, 3.63) is 0 Å². The molecule has 116 valence electrons. The lowest BCUT2D eigenvalue weighted by Gasteiger charge is -2.03. The van der Waals surface area contributed by atoms with Crippen molar-refractivity contribution in [1.29, 1.82) is 0 Å². The predicted octanol–water partition coefficient (Wildman–Crippen LogP) is 6.26. The fourth-order valence-corrected chi connectivity index (χ4v) is 2.47. The highest BCUT2D eigenvalue weighted by Gasteiger charge is 1.94. The summed E-state index contributed by atoms with van der Waals surface area (Å²) in [6.07, 6.45) is 19.3. The molecule has 0 spiro atoms. The molecule has 0 aliphatic carbocycles. The first-order valence-corrected chi connectivity index (χ1v) is 8.71. The Morgan fingerprint density at radius 1 is 0.579 bits per heavy atom. The standard InChI is InChI=1S/C16H34O2S/c1-2-3-4-5-6-7-8-9-10-11-12-13-14-15-16-17-18-19/h19H,2-16H2,1H3. The summed E-state index contributed by atoms with van der Waals surface area (Å²) in [4.78, 5) is 4.70. The molecular formula is C16H34O2S. The van der Waals surface area contributed by atoms with Crippen molar-refractivity contribution < 1.29 is 9.22 Å². The van der Waals surface area contributed by atoms with Gasteiger partial charge >= 0.3 is 0 Å². The molecule has 0 atom stereocenters. The summed E-state index contributed by atoms with van der Waals surface area (Å²) in [6.45, 7) is 2.95. The SMILES string of the molecule is CCCCCCCCCCCCCCCCOOS. The molecule has 0 unspecified atom stereocenters. The van der Waals surface area contributed by atoms with E-state index >= 15 is 0 Å². The molecule has 0 amide bonds. The number of hydrogen-bond acceptors (Lipinski definition) is 3. The van der Waals surface area contributed by atoms with Crippen molar-refractivity contribution in [2.24, 2.45) is 0 Å². The van der Waals surface area contributed by atoms with Crippen LogP contribution < -0.4 is 0 Å². The highest BCUT2D eigenvalue weighted by Crippen LogP contribution is 2.12. The number of rotatable bonds is 16. The quantitative estimate of drug-likeness (QED) is 0.119. The second-order valence-electron chi connectivity index (χ2n) is 5.49. The van der Waals surface area contributed by atoms with E-state index in [1.807, 2.05) is 0 Å². The third-order valence-corrected chi connectivity index (χ3v) is 3.74. The molecule has 0 N–H and O–H groups in total. The maximum absolute atomic E-state index is 4.70. The van der Waals surface area contributed by atoms with Crippen LogP contribution in [0.5, 0.6) is 0 Å². The van der Waals surface area contributed by atoms with E-state index in [9.17, 15) is 0 Å². The first-order valence-electron chi connectivity index (χ1n) is 8.35. The molecule has 2 nitrogen and oxygen atoms in total. The Kier molecular flexibility index (Phi) is 18.5. The summed E-state index contributed by atoms with van der Waals surface area (Å²) in [6, 6.07) is 0. The Morgan fingerprint density at radius 3 is 1.32 bits per heavy atom. The molecule has 0 radical (unpaired) electrons. The lowest BCUT2D eigenvalue weighted by Crippen LogP contribution is -1.90. The lowest BCUT2D eigenvalue weighted by molar-refractivity contribution is -0.188. The van der Waals surface area contributed by atoms with Crippen LogP contribution in [-0.4, -0.2) is 6.61 Å². The van der Waals surface area contributed by atoms with Crippen LogP contribution in [0.2, 0.25) is 0 Å². The minimum absolute atomic E-state index is 0.668. The van der Waals surface area contributed by atoms with Crippen molar-refractivity contribution in [2.75, 3.05) is 6.61 Å². The normalized spacial score (nSPS) is 11.1. The van der Waals surface area contributed by atoms with Crippen LogP contribution in [-0.2, 0) is 9.22 Å². The van der Waals surface area contributed by atoms with Crippen LogP contribution in [0.3, 0.4) is 0 Å². The maximum Gasteiger partial charge on any atom is 0.0834 e. The van der Waals surface area contributed by atoms with E-state index in [1.54, 1.807) is 0 Å². The van der Waals surface area contributed by atoms with Gasteiger partial charge in [-0.2, -0.15) is 4.33 Å². The number of thiol groups is 1. The Bertz CT molecular complexity index is 138. The molecule has 0 heterocycles. The topological polar surface area (TPSA) is 18.5 Å². The molecule has 0 saturated carbocycles. The van der Waals surface area contributed by atoms with Gasteiger partial charge in [-0.25, -0.2) is 4.89 Å². The van der Waals surface area contributed by atoms with Crippen molar-refractivity contribution in [2.45, 2.75) is 96.8 Å². The maximum atomic E-state index is 4.70. The molecule has 0 aliphatic rings. The van der Waals surface area contributed by atoms with Crippen LogP contribution in [0, 0.1) is 0 Å². The predicted molar refractivity (Wildman–Crippen MR) is 86.3 cm³/mol. The van der Waals surface area contributed by atoms with E-state index in [-0.39, 0.29) is 0 Å². The van der Waals surface area contributed by atoms with E-state index in [0.717, 1.165) is 6.42 Å². The molecule has 0 aromatic carbocycles. The summed E-state index contributed by atoms with van der Waals surface area (Å²) >= 11 is 3.52. The lowest BCUT2D eigenvalue weighted by atomic mass is 10.0. The van der Waals surface area contributed by atoms with Crippen LogP contribution >= 0.6 is 12.9 Å². The number of hydrogen-bond donors (Lipinski definition) is 1. The summed E-state index contributed by atoms with van der Waals surface area (Å²) in [5, 5.41) is 0. The first kappa shape index (κ1) is 19.3. The van der Waals surface area contributed by atoms with Gasteiger partial charge in [-0.1, -0.05) is 90.4 Å². The van der Waals surface area contributed by atoms with Crippen LogP contribution in [0.1, 0.15) is 96.8 Å². The van der Waals surface area contributed by atoms with Crippen LogP contribution in [0.25, 0.3) is 0 Å². The van der Waals surface area contributed by atoms with E-state index in [0.29, 0.717) is 6.61 Å². The average molecular weight is 291 g/mol. The fourth-order valence-electron chi connectivity index (χ4n) is 2.39. The van der Waals surface area contributed by atoms with Gasteiger partial charge in [-0.15, -0.1) is 0 Å². The van der Waals surface area contributed by atoms with Gasteiger partial charge in [0.1, 0.15) is 0 Å². The molecule has 0 fully saturated rings. The third kappa shape index (κ3) is 18.3. The van der Waals surface area contributed by atoms with Crippen molar-refractivity contribution in [1.82, 2.24) is 0 Å². The molecule has 0 bridgehead atoms. The number of unbranched alkanes of at least 4 members (excludes halogenated alkanes) is 13. The monoisotopic (exact) mass is 290 g/mol. The van der Waals surface area contributed by atoms with Crippen molar-refractivity contribution >= 4 is 12.9 Å². The van der Waals surface area contributed by atoms with Gasteiger partial charge in [0.25, 0.3) is 0 Å². The van der Waals surface area contributed by atoms with Gasteiger partial charge in [0.2, 0.25) is 0 Å². The molecule has 0 aromatic rings. The summed E-state index contributed by atoms with van der Waals surface area (Å²) < 4.78 is 4.25. The minimum Gasteiger partial charge on any atom is -0.225 e. The van der Waals surface area contributed by atoms with Gasteiger partial charge in [-0.3, -0.25) is 0 Å². The second kappa shape index (κ2) is 18.3. The molecule has 0 aromatic heterocycles. The average Bonchev–Trinajstić information content (AvgIpc) is 2.43. The van der Waals surface area contributed by atoms with Crippen molar-refractivity contribution in [3.8, 4) is 0 Å². The Labute approximate surface area is 126 Å². The molecule has 0 aliphatic heterocycles.